The zero-order chi connectivity index (χ0) is 21.5. The summed E-state index contributed by atoms with van der Waals surface area (Å²) >= 11 is 0. The number of piperidine rings is 1. The molecule has 0 saturated carbocycles. The van der Waals surface area contributed by atoms with E-state index in [2.05, 4.69) is 10.2 Å². The lowest BCUT2D eigenvalue weighted by molar-refractivity contribution is -0.123. The van der Waals surface area contributed by atoms with Crippen LogP contribution in [0.4, 0.5) is 11.4 Å². The summed E-state index contributed by atoms with van der Waals surface area (Å²) in [5.41, 5.74) is 2.06. The van der Waals surface area contributed by atoms with Crippen molar-refractivity contribution in [1.29, 1.82) is 0 Å². The number of carbonyl (C=O) groups is 2. The number of esters is 1. The lowest BCUT2D eigenvalue weighted by Crippen LogP contribution is -2.30. The van der Waals surface area contributed by atoms with Gasteiger partial charge in [-0.1, -0.05) is 0 Å². The number of rotatable bonds is 7. The van der Waals surface area contributed by atoms with Crippen molar-refractivity contribution in [2.24, 2.45) is 0 Å². The van der Waals surface area contributed by atoms with Gasteiger partial charge in [0, 0.05) is 30.5 Å². The minimum atomic E-state index is -0.962. The Balaban J connectivity index is 1.58. The quantitative estimate of drug-likeness (QED) is 0.696. The maximum Gasteiger partial charge on any atom is 0.339 e. The lowest BCUT2D eigenvalue weighted by atomic mass is 10.1. The predicted molar refractivity (Wildman–Crippen MR) is 116 cm³/mol. The van der Waals surface area contributed by atoms with Crippen LogP contribution >= 0.6 is 0 Å². The van der Waals surface area contributed by atoms with Crippen LogP contribution in [0.3, 0.4) is 0 Å². The molecular formula is C23H28N2O5. The number of hydrogen-bond acceptors (Lipinski definition) is 6. The molecule has 1 amide bonds. The molecule has 0 aromatic heterocycles. The number of nitrogens with zero attached hydrogens (tertiary/aromatic N) is 1. The molecule has 7 heteroatoms. The van der Waals surface area contributed by atoms with E-state index in [0.29, 0.717) is 17.2 Å². The fourth-order valence-electron chi connectivity index (χ4n) is 3.36. The van der Waals surface area contributed by atoms with Gasteiger partial charge in [0.15, 0.2) is 6.10 Å². The van der Waals surface area contributed by atoms with Gasteiger partial charge in [-0.15, -0.1) is 0 Å². The second kappa shape index (κ2) is 10.0. The number of methoxy groups -OCH3 is 2. The maximum absolute atomic E-state index is 12.5. The summed E-state index contributed by atoms with van der Waals surface area (Å²) in [5, 5.41) is 2.79. The molecule has 0 unspecified atom stereocenters. The molecule has 0 aliphatic carbocycles. The van der Waals surface area contributed by atoms with E-state index >= 15 is 0 Å². The molecular weight excluding hydrogens is 384 g/mol. The van der Waals surface area contributed by atoms with Gasteiger partial charge >= 0.3 is 5.97 Å². The van der Waals surface area contributed by atoms with Crippen molar-refractivity contribution in [2.75, 3.05) is 37.5 Å². The molecule has 3 rings (SSSR count). The maximum atomic E-state index is 12.5. The Hall–Kier alpha value is -3.22. The highest BCUT2D eigenvalue weighted by molar-refractivity contribution is 5.97. The van der Waals surface area contributed by atoms with Gasteiger partial charge in [0.1, 0.15) is 11.5 Å². The Kier molecular flexibility index (Phi) is 7.17. The van der Waals surface area contributed by atoms with Crippen LogP contribution in [0.1, 0.15) is 36.5 Å². The number of nitrogens with one attached hydrogen (secondary N) is 1. The second-order valence-electron chi connectivity index (χ2n) is 7.23. The average molecular weight is 412 g/mol. The van der Waals surface area contributed by atoms with Crippen molar-refractivity contribution in [1.82, 2.24) is 0 Å². The Morgan fingerprint density at radius 2 is 1.53 bits per heavy atom. The fourth-order valence-corrected chi connectivity index (χ4v) is 3.36. The first-order valence-electron chi connectivity index (χ1n) is 10.1. The van der Waals surface area contributed by atoms with E-state index in [1.165, 1.54) is 52.5 Å². The molecule has 0 bridgehead atoms. The Labute approximate surface area is 176 Å². The molecule has 0 spiro atoms. The number of amides is 1. The van der Waals surface area contributed by atoms with Gasteiger partial charge in [-0.25, -0.2) is 4.79 Å². The zero-order valence-electron chi connectivity index (χ0n) is 17.6. The van der Waals surface area contributed by atoms with Crippen molar-refractivity contribution in [3.05, 3.63) is 48.0 Å². The largest absolute Gasteiger partial charge is 0.497 e. The van der Waals surface area contributed by atoms with Gasteiger partial charge in [-0.05, 0) is 62.6 Å². The van der Waals surface area contributed by atoms with Crippen LogP contribution in [-0.4, -0.2) is 45.3 Å². The number of benzene rings is 2. The van der Waals surface area contributed by atoms with E-state index in [4.69, 9.17) is 14.2 Å². The van der Waals surface area contributed by atoms with Crippen LogP contribution < -0.4 is 19.7 Å². The molecule has 2 aromatic rings. The summed E-state index contributed by atoms with van der Waals surface area (Å²) in [5.74, 6) is -0.0985. The molecule has 1 aliphatic heterocycles. The molecule has 0 radical (unpaired) electrons. The lowest BCUT2D eigenvalue weighted by Gasteiger charge is -2.28. The van der Waals surface area contributed by atoms with Crippen LogP contribution in [0.25, 0.3) is 0 Å². The van der Waals surface area contributed by atoms with Gasteiger partial charge in [-0.2, -0.15) is 0 Å². The van der Waals surface area contributed by atoms with Crippen LogP contribution in [0.15, 0.2) is 42.5 Å². The normalized spacial score (nSPS) is 14.6. The Bertz CT molecular complexity index is 853. The van der Waals surface area contributed by atoms with Crippen molar-refractivity contribution in [3.8, 4) is 11.5 Å². The van der Waals surface area contributed by atoms with Crippen molar-refractivity contribution in [2.45, 2.75) is 32.3 Å². The summed E-state index contributed by atoms with van der Waals surface area (Å²) in [6.07, 6.45) is 2.74. The van der Waals surface area contributed by atoms with Gasteiger partial charge < -0.3 is 24.4 Å². The first kappa shape index (κ1) is 21.5. The van der Waals surface area contributed by atoms with Gasteiger partial charge in [-0.3, -0.25) is 4.79 Å². The Morgan fingerprint density at radius 1 is 0.933 bits per heavy atom. The van der Waals surface area contributed by atoms with Crippen LogP contribution in [0.2, 0.25) is 0 Å². The van der Waals surface area contributed by atoms with E-state index in [-0.39, 0.29) is 5.56 Å². The standard InChI is InChI=1S/C23H28N2O5/c1-16(30-23(27)17-13-20(28-2)15-21(14-17)29-3)22(26)24-18-7-9-19(10-8-18)25-11-5-4-6-12-25/h7-10,13-16H,4-6,11-12H2,1-3H3,(H,24,26)/t16-/m1/s1. The summed E-state index contributed by atoms with van der Waals surface area (Å²) in [6.45, 7) is 3.66. The van der Waals surface area contributed by atoms with Gasteiger partial charge in [0.25, 0.3) is 5.91 Å². The van der Waals surface area contributed by atoms with Crippen molar-refractivity contribution in [3.63, 3.8) is 0 Å². The molecule has 2 aromatic carbocycles. The first-order valence-corrected chi connectivity index (χ1v) is 10.1. The molecule has 160 valence electrons. The average Bonchev–Trinajstić information content (AvgIpc) is 2.79. The summed E-state index contributed by atoms with van der Waals surface area (Å²) < 4.78 is 15.6. The fraction of sp³-hybridized carbons (Fsp3) is 0.391. The van der Waals surface area contributed by atoms with E-state index in [1.807, 2.05) is 24.3 Å². The van der Waals surface area contributed by atoms with Gasteiger partial charge in [0.2, 0.25) is 0 Å². The second-order valence-corrected chi connectivity index (χ2v) is 7.23. The Morgan fingerprint density at radius 3 is 2.10 bits per heavy atom. The molecule has 1 saturated heterocycles. The third-order valence-corrected chi connectivity index (χ3v) is 5.10. The zero-order valence-corrected chi connectivity index (χ0v) is 17.6. The van der Waals surface area contributed by atoms with E-state index in [0.717, 1.165) is 18.8 Å². The summed E-state index contributed by atoms with van der Waals surface area (Å²) in [6, 6.07) is 12.5. The van der Waals surface area contributed by atoms with Crippen LogP contribution in [-0.2, 0) is 9.53 Å². The molecule has 1 fully saturated rings. The minimum absolute atomic E-state index is 0.247. The van der Waals surface area contributed by atoms with Crippen LogP contribution in [0, 0.1) is 0 Å². The highest BCUT2D eigenvalue weighted by Gasteiger charge is 2.20. The van der Waals surface area contributed by atoms with E-state index in [1.54, 1.807) is 6.07 Å². The highest BCUT2D eigenvalue weighted by atomic mass is 16.5. The van der Waals surface area contributed by atoms with Crippen molar-refractivity contribution < 1.29 is 23.8 Å². The van der Waals surface area contributed by atoms with Crippen LogP contribution in [0.5, 0.6) is 11.5 Å². The summed E-state index contributed by atoms with van der Waals surface area (Å²) in [7, 11) is 2.99. The molecule has 1 aliphatic rings. The number of ether oxygens (including phenoxy) is 3. The van der Waals surface area contributed by atoms with E-state index in [9.17, 15) is 9.59 Å². The monoisotopic (exact) mass is 412 g/mol. The minimum Gasteiger partial charge on any atom is -0.497 e. The molecule has 30 heavy (non-hydrogen) atoms. The first-order chi connectivity index (χ1) is 14.5. The topological polar surface area (TPSA) is 77.1 Å². The molecule has 7 nitrogen and oxygen atoms in total. The predicted octanol–water partition coefficient (Wildman–Crippen LogP) is 3.88. The van der Waals surface area contributed by atoms with Crippen molar-refractivity contribution >= 4 is 23.3 Å². The molecule has 1 heterocycles. The third-order valence-electron chi connectivity index (χ3n) is 5.10. The van der Waals surface area contributed by atoms with E-state index < -0.39 is 18.0 Å². The number of hydrogen-bond donors (Lipinski definition) is 1. The molecule has 1 atom stereocenters. The number of anilines is 2. The highest BCUT2D eigenvalue weighted by Crippen LogP contribution is 2.24. The summed E-state index contributed by atoms with van der Waals surface area (Å²) in [4.78, 5) is 27.3. The SMILES string of the molecule is COc1cc(OC)cc(C(=O)O[C@H](C)C(=O)Nc2ccc(N3CCCCC3)cc2)c1. The smallest absolute Gasteiger partial charge is 0.339 e. The number of carbonyl (C=O) groups excluding carboxylic acids is 2. The third kappa shape index (κ3) is 5.43. The molecule has 1 N–H and O–H groups in total. The van der Waals surface area contributed by atoms with Gasteiger partial charge in [0.05, 0.1) is 19.8 Å².